The van der Waals surface area contributed by atoms with Crippen molar-refractivity contribution < 1.29 is 9.47 Å². The smallest absolute Gasteiger partial charge is 0.123 e. The zero-order valence-corrected chi connectivity index (χ0v) is 17.7. The quantitative estimate of drug-likeness (QED) is 0.612. The Bertz CT molecular complexity index is 894. The van der Waals surface area contributed by atoms with Crippen LogP contribution in [0.15, 0.2) is 48.5 Å². The summed E-state index contributed by atoms with van der Waals surface area (Å²) in [6, 6.07) is 16.3. The molecule has 0 aliphatic carbocycles. The highest BCUT2D eigenvalue weighted by Gasteiger charge is 2.12. The number of rotatable bonds is 8. The van der Waals surface area contributed by atoms with Crippen molar-refractivity contribution in [1.29, 1.82) is 0 Å². The number of aryl methyl sites for hydroxylation is 1. The molecule has 28 heavy (non-hydrogen) atoms. The molecule has 0 saturated heterocycles. The average molecular weight is 402 g/mol. The van der Waals surface area contributed by atoms with Crippen molar-refractivity contribution in [3.63, 3.8) is 0 Å². The highest BCUT2D eigenvalue weighted by molar-refractivity contribution is 5.85. The highest BCUT2D eigenvalue weighted by Crippen LogP contribution is 2.24. The van der Waals surface area contributed by atoms with Crippen LogP contribution in [-0.4, -0.2) is 24.0 Å². The van der Waals surface area contributed by atoms with Gasteiger partial charge in [-0.15, -0.1) is 12.4 Å². The van der Waals surface area contributed by atoms with Gasteiger partial charge in [0.25, 0.3) is 0 Å². The first-order valence-electron chi connectivity index (χ1n) is 9.10. The minimum absolute atomic E-state index is 0. The van der Waals surface area contributed by atoms with Crippen LogP contribution < -0.4 is 14.8 Å². The van der Waals surface area contributed by atoms with Crippen LogP contribution in [0.1, 0.15) is 28.1 Å². The van der Waals surface area contributed by atoms with Crippen LogP contribution in [0.5, 0.6) is 11.5 Å². The molecule has 1 aromatic heterocycles. The number of hydrogen-bond acceptors (Lipinski definition) is 4. The minimum atomic E-state index is 0. The molecule has 150 valence electrons. The molecule has 2 aromatic carbocycles. The van der Waals surface area contributed by atoms with Crippen LogP contribution in [0.3, 0.4) is 0 Å². The van der Waals surface area contributed by atoms with Gasteiger partial charge in [0.05, 0.1) is 26.5 Å². The van der Waals surface area contributed by atoms with E-state index in [2.05, 4.69) is 48.1 Å². The van der Waals surface area contributed by atoms with Gasteiger partial charge in [-0.05, 0) is 37.6 Å². The third kappa shape index (κ3) is 5.06. The Morgan fingerprint density at radius 1 is 0.964 bits per heavy atom. The number of aromatic nitrogens is 2. The number of hydrogen-bond donors (Lipinski definition) is 1. The maximum atomic E-state index is 5.45. The topological polar surface area (TPSA) is 48.3 Å². The predicted octanol–water partition coefficient (Wildman–Crippen LogP) is 4.28. The third-order valence-electron chi connectivity index (χ3n) is 4.81. The largest absolute Gasteiger partial charge is 0.497 e. The fourth-order valence-electron chi connectivity index (χ4n) is 3.24. The monoisotopic (exact) mass is 401 g/mol. The average Bonchev–Trinajstić information content (AvgIpc) is 2.96. The summed E-state index contributed by atoms with van der Waals surface area (Å²) < 4.78 is 12.9. The van der Waals surface area contributed by atoms with Crippen molar-refractivity contribution in [1.82, 2.24) is 15.1 Å². The molecular weight excluding hydrogens is 374 g/mol. The summed E-state index contributed by atoms with van der Waals surface area (Å²) in [4.78, 5) is 0. The summed E-state index contributed by atoms with van der Waals surface area (Å²) in [7, 11) is 3.36. The number of nitrogens with one attached hydrogen (secondary N) is 1. The molecule has 5 nitrogen and oxygen atoms in total. The first-order chi connectivity index (χ1) is 13.1. The van der Waals surface area contributed by atoms with E-state index in [0.717, 1.165) is 35.8 Å². The molecule has 6 heteroatoms. The molecule has 3 rings (SSSR count). The Morgan fingerprint density at radius 3 is 2.39 bits per heavy atom. The second-order valence-electron chi connectivity index (χ2n) is 6.57. The molecule has 0 bridgehead atoms. The van der Waals surface area contributed by atoms with Crippen molar-refractivity contribution in [2.24, 2.45) is 0 Å². The first kappa shape index (κ1) is 21.8. The predicted molar refractivity (Wildman–Crippen MR) is 115 cm³/mol. The molecule has 0 fully saturated rings. The number of methoxy groups -OCH3 is 2. The normalized spacial score (nSPS) is 10.4. The molecule has 0 spiro atoms. The molecule has 1 heterocycles. The number of halogens is 1. The molecule has 0 radical (unpaired) electrons. The fourth-order valence-corrected chi connectivity index (χ4v) is 3.24. The van der Waals surface area contributed by atoms with Gasteiger partial charge in [-0.25, -0.2) is 0 Å². The van der Waals surface area contributed by atoms with Gasteiger partial charge < -0.3 is 14.8 Å². The number of ether oxygens (including phenoxy) is 2. The zero-order chi connectivity index (χ0) is 19.2. The molecule has 0 aliphatic rings. The molecule has 0 aliphatic heterocycles. The summed E-state index contributed by atoms with van der Waals surface area (Å²) in [5.74, 6) is 1.69. The fraction of sp³-hybridized carbons (Fsp3) is 0.318. The van der Waals surface area contributed by atoms with E-state index in [1.807, 2.05) is 24.3 Å². The lowest BCUT2D eigenvalue weighted by atomic mass is 10.1. The van der Waals surface area contributed by atoms with E-state index in [4.69, 9.17) is 14.6 Å². The lowest BCUT2D eigenvalue weighted by molar-refractivity contribution is 0.397. The van der Waals surface area contributed by atoms with Crippen LogP contribution in [-0.2, 0) is 19.6 Å². The van der Waals surface area contributed by atoms with Gasteiger partial charge in [-0.3, -0.25) is 4.68 Å². The van der Waals surface area contributed by atoms with Crippen molar-refractivity contribution in [3.05, 3.63) is 76.6 Å². The Morgan fingerprint density at radius 2 is 1.71 bits per heavy atom. The van der Waals surface area contributed by atoms with Gasteiger partial charge >= 0.3 is 0 Å². The molecule has 0 amide bonds. The van der Waals surface area contributed by atoms with E-state index in [1.54, 1.807) is 14.2 Å². The Hall–Kier alpha value is -2.50. The Labute approximate surface area is 173 Å². The summed E-state index contributed by atoms with van der Waals surface area (Å²) in [5, 5.41) is 8.24. The van der Waals surface area contributed by atoms with Gasteiger partial charge in [-0.1, -0.05) is 30.3 Å². The maximum absolute atomic E-state index is 5.45. The highest BCUT2D eigenvalue weighted by atomic mass is 35.5. The van der Waals surface area contributed by atoms with Gasteiger partial charge in [0.2, 0.25) is 0 Å². The second-order valence-corrected chi connectivity index (χ2v) is 6.57. The Balaban J connectivity index is 0.00000280. The third-order valence-corrected chi connectivity index (χ3v) is 4.81. The van der Waals surface area contributed by atoms with Crippen molar-refractivity contribution in [3.8, 4) is 11.5 Å². The second kappa shape index (κ2) is 10.2. The number of nitrogens with zero attached hydrogens (tertiary/aromatic N) is 2. The summed E-state index contributed by atoms with van der Waals surface area (Å²) >= 11 is 0. The summed E-state index contributed by atoms with van der Waals surface area (Å²) in [5.41, 5.74) is 5.83. The molecular formula is C22H28ClN3O2. The number of benzene rings is 2. The van der Waals surface area contributed by atoms with E-state index in [9.17, 15) is 0 Å². The van der Waals surface area contributed by atoms with Gasteiger partial charge in [0.1, 0.15) is 11.5 Å². The zero-order valence-electron chi connectivity index (χ0n) is 16.9. The standard InChI is InChI=1S/C22H27N3O2.ClH/c1-16-21(17(2)25(24-16)15-18-8-6-5-7-9-18)14-23-13-19-12-20(26-3)10-11-22(19)27-4;/h5-12,23H,13-15H2,1-4H3;1H. The van der Waals surface area contributed by atoms with Crippen molar-refractivity contribution in [2.45, 2.75) is 33.5 Å². The lowest BCUT2D eigenvalue weighted by Gasteiger charge is -2.12. The Kier molecular flexibility index (Phi) is 7.91. The van der Waals surface area contributed by atoms with Gasteiger partial charge in [0, 0.05) is 29.9 Å². The molecule has 3 aromatic rings. The molecule has 0 unspecified atom stereocenters. The molecule has 0 atom stereocenters. The SMILES string of the molecule is COc1ccc(OC)c(CNCc2c(C)nn(Cc3ccccc3)c2C)c1.Cl. The maximum Gasteiger partial charge on any atom is 0.123 e. The van der Waals surface area contributed by atoms with E-state index >= 15 is 0 Å². The van der Waals surface area contributed by atoms with Crippen molar-refractivity contribution >= 4 is 12.4 Å². The minimum Gasteiger partial charge on any atom is -0.497 e. The molecule has 1 N–H and O–H groups in total. The van der Waals surface area contributed by atoms with Gasteiger partial charge in [-0.2, -0.15) is 5.10 Å². The van der Waals surface area contributed by atoms with Crippen LogP contribution in [0.25, 0.3) is 0 Å². The van der Waals surface area contributed by atoms with E-state index in [1.165, 1.54) is 16.8 Å². The van der Waals surface area contributed by atoms with Gasteiger partial charge in [0.15, 0.2) is 0 Å². The van der Waals surface area contributed by atoms with E-state index in [-0.39, 0.29) is 12.4 Å². The van der Waals surface area contributed by atoms with Crippen LogP contribution >= 0.6 is 12.4 Å². The van der Waals surface area contributed by atoms with E-state index < -0.39 is 0 Å². The summed E-state index contributed by atoms with van der Waals surface area (Å²) in [6.07, 6.45) is 0. The van der Waals surface area contributed by atoms with Crippen LogP contribution in [0.2, 0.25) is 0 Å². The van der Waals surface area contributed by atoms with Crippen LogP contribution in [0.4, 0.5) is 0 Å². The van der Waals surface area contributed by atoms with Crippen LogP contribution in [0, 0.1) is 13.8 Å². The first-order valence-corrected chi connectivity index (χ1v) is 9.10. The van der Waals surface area contributed by atoms with E-state index in [0.29, 0.717) is 6.54 Å². The lowest BCUT2D eigenvalue weighted by Crippen LogP contribution is -2.15. The van der Waals surface area contributed by atoms with Crippen molar-refractivity contribution in [2.75, 3.05) is 14.2 Å². The molecule has 0 saturated carbocycles. The summed E-state index contributed by atoms with van der Waals surface area (Å²) in [6.45, 7) is 6.44.